The van der Waals surface area contributed by atoms with Crippen LogP contribution in [0.2, 0.25) is 0 Å². The van der Waals surface area contributed by atoms with Crippen LogP contribution in [0.4, 0.5) is 0 Å². The largest absolute Gasteiger partial charge is 0.294 e. The first-order valence-corrected chi connectivity index (χ1v) is 5.95. The molecule has 0 spiro atoms. The van der Waals surface area contributed by atoms with Gasteiger partial charge in [0.15, 0.2) is 5.78 Å². The summed E-state index contributed by atoms with van der Waals surface area (Å²) in [5.41, 5.74) is 3.13. The van der Waals surface area contributed by atoms with Crippen LogP contribution in [0.15, 0.2) is 24.3 Å². The van der Waals surface area contributed by atoms with E-state index in [0.717, 1.165) is 21.1 Å². The highest BCUT2D eigenvalue weighted by Gasteiger charge is 2.13. The summed E-state index contributed by atoms with van der Waals surface area (Å²) >= 11 is 1.47. The Kier molecular flexibility index (Phi) is 2.88. The summed E-state index contributed by atoms with van der Waals surface area (Å²) in [6.45, 7) is 5.52. The van der Waals surface area contributed by atoms with E-state index in [1.807, 2.05) is 25.1 Å². The monoisotopic (exact) mass is 231 g/mol. The van der Waals surface area contributed by atoms with E-state index in [0.29, 0.717) is 0 Å². The molecule has 2 rings (SSSR count). The van der Waals surface area contributed by atoms with E-state index in [4.69, 9.17) is 0 Å². The Morgan fingerprint density at radius 3 is 2.50 bits per heavy atom. The third kappa shape index (κ3) is 1.91. The van der Waals surface area contributed by atoms with Gasteiger partial charge in [-0.15, -0.1) is 11.3 Å². The maximum absolute atomic E-state index is 11.4. The molecular weight excluding hydrogens is 218 g/mol. The number of aryl methyl sites for hydroxylation is 2. The Morgan fingerprint density at radius 1 is 1.25 bits per heavy atom. The summed E-state index contributed by atoms with van der Waals surface area (Å²) in [6.07, 6.45) is 0. The lowest BCUT2D eigenvalue weighted by Gasteiger charge is -1.99. The molecule has 0 radical (unpaired) electrons. The molecule has 0 bridgehead atoms. The predicted molar refractivity (Wildman–Crippen MR) is 67.0 cm³/mol. The van der Waals surface area contributed by atoms with Gasteiger partial charge >= 0.3 is 0 Å². The quantitative estimate of drug-likeness (QED) is 0.739. The zero-order chi connectivity index (χ0) is 11.7. The fraction of sp³-hybridized carbons (Fsp3) is 0.231. The lowest BCUT2D eigenvalue weighted by Crippen LogP contribution is -1.89. The first kappa shape index (κ1) is 11.0. The number of carbonyl (C=O) groups excluding carboxylic acids is 1. The molecule has 0 unspecified atom stereocenters. The van der Waals surface area contributed by atoms with Crippen molar-refractivity contribution in [3.63, 3.8) is 0 Å². The molecule has 1 aromatic heterocycles. The van der Waals surface area contributed by atoms with E-state index in [2.05, 4.69) is 18.0 Å². The van der Waals surface area contributed by atoms with Gasteiger partial charge in [0.2, 0.25) is 0 Å². The SMILES string of the molecule is CC(=O)c1sc(-c2ccccc2C)nc1C. The molecule has 0 fully saturated rings. The molecule has 0 N–H and O–H groups in total. The minimum absolute atomic E-state index is 0.0924. The van der Waals surface area contributed by atoms with Crippen molar-refractivity contribution in [2.24, 2.45) is 0 Å². The topological polar surface area (TPSA) is 30.0 Å². The van der Waals surface area contributed by atoms with Gasteiger partial charge in [0.25, 0.3) is 0 Å². The van der Waals surface area contributed by atoms with Crippen LogP contribution in [0.3, 0.4) is 0 Å². The van der Waals surface area contributed by atoms with Crippen LogP contribution >= 0.6 is 11.3 Å². The number of hydrogen-bond acceptors (Lipinski definition) is 3. The molecule has 0 saturated carbocycles. The second-order valence-corrected chi connectivity index (χ2v) is 4.80. The highest BCUT2D eigenvalue weighted by molar-refractivity contribution is 7.17. The molecule has 82 valence electrons. The van der Waals surface area contributed by atoms with Gasteiger partial charge in [0.05, 0.1) is 10.6 Å². The third-order valence-electron chi connectivity index (χ3n) is 2.49. The van der Waals surface area contributed by atoms with Gasteiger partial charge in [-0.3, -0.25) is 4.79 Å². The van der Waals surface area contributed by atoms with Crippen molar-refractivity contribution < 1.29 is 4.79 Å². The fourth-order valence-electron chi connectivity index (χ4n) is 1.65. The molecule has 0 amide bonds. The highest BCUT2D eigenvalue weighted by Crippen LogP contribution is 2.30. The fourth-order valence-corrected chi connectivity index (χ4v) is 2.70. The van der Waals surface area contributed by atoms with Gasteiger partial charge in [-0.05, 0) is 19.4 Å². The van der Waals surface area contributed by atoms with E-state index in [1.165, 1.54) is 16.9 Å². The number of thiazole rings is 1. The van der Waals surface area contributed by atoms with E-state index in [9.17, 15) is 4.79 Å². The minimum Gasteiger partial charge on any atom is -0.294 e. The van der Waals surface area contributed by atoms with Crippen LogP contribution < -0.4 is 0 Å². The summed E-state index contributed by atoms with van der Waals surface area (Å²) in [4.78, 5) is 16.6. The molecule has 16 heavy (non-hydrogen) atoms. The molecule has 1 heterocycles. The van der Waals surface area contributed by atoms with Crippen molar-refractivity contribution in [2.75, 3.05) is 0 Å². The van der Waals surface area contributed by atoms with Crippen LogP contribution in [-0.4, -0.2) is 10.8 Å². The molecule has 0 aliphatic rings. The zero-order valence-electron chi connectivity index (χ0n) is 9.57. The number of hydrogen-bond donors (Lipinski definition) is 0. The Labute approximate surface area is 99.0 Å². The van der Waals surface area contributed by atoms with E-state index >= 15 is 0 Å². The summed E-state index contributed by atoms with van der Waals surface area (Å²) in [7, 11) is 0. The van der Waals surface area contributed by atoms with E-state index < -0.39 is 0 Å². The van der Waals surface area contributed by atoms with Gasteiger partial charge in [0.1, 0.15) is 5.01 Å². The maximum atomic E-state index is 11.4. The second-order valence-electron chi connectivity index (χ2n) is 3.80. The normalized spacial score (nSPS) is 10.4. The van der Waals surface area contributed by atoms with Crippen molar-refractivity contribution >= 4 is 17.1 Å². The number of aromatic nitrogens is 1. The Morgan fingerprint density at radius 2 is 1.94 bits per heavy atom. The molecule has 0 atom stereocenters. The average Bonchev–Trinajstić information content (AvgIpc) is 2.61. The Balaban J connectivity index is 2.54. The van der Waals surface area contributed by atoms with Gasteiger partial charge in [-0.25, -0.2) is 4.98 Å². The Hall–Kier alpha value is -1.48. The number of benzene rings is 1. The summed E-state index contributed by atoms with van der Waals surface area (Å²) in [5.74, 6) is 0.0924. The number of Topliss-reactive ketones (excluding diaryl/α,β-unsaturated/α-hetero) is 1. The number of nitrogens with zero attached hydrogens (tertiary/aromatic N) is 1. The van der Waals surface area contributed by atoms with E-state index in [1.54, 1.807) is 6.92 Å². The van der Waals surface area contributed by atoms with Crippen molar-refractivity contribution in [3.8, 4) is 10.6 Å². The molecular formula is C13H13NOS. The molecule has 3 heteroatoms. The lowest BCUT2D eigenvalue weighted by molar-refractivity contribution is 0.102. The maximum Gasteiger partial charge on any atom is 0.171 e. The summed E-state index contributed by atoms with van der Waals surface area (Å²) in [5, 5.41) is 0.931. The molecule has 2 aromatic rings. The third-order valence-corrected chi connectivity index (χ3v) is 3.78. The number of carbonyl (C=O) groups is 1. The van der Waals surface area contributed by atoms with Crippen LogP contribution in [-0.2, 0) is 0 Å². The van der Waals surface area contributed by atoms with Gasteiger partial charge in [-0.1, -0.05) is 24.3 Å². The standard InChI is InChI=1S/C13H13NOS/c1-8-6-4-5-7-11(8)13-14-9(2)12(16-13)10(3)15/h4-7H,1-3H3. The van der Waals surface area contributed by atoms with Crippen molar-refractivity contribution in [2.45, 2.75) is 20.8 Å². The zero-order valence-corrected chi connectivity index (χ0v) is 10.4. The second kappa shape index (κ2) is 4.18. The van der Waals surface area contributed by atoms with Crippen molar-refractivity contribution in [3.05, 3.63) is 40.4 Å². The summed E-state index contributed by atoms with van der Waals surface area (Å²) in [6, 6.07) is 8.09. The first-order valence-electron chi connectivity index (χ1n) is 5.14. The van der Waals surface area contributed by atoms with Crippen molar-refractivity contribution in [1.82, 2.24) is 4.98 Å². The summed E-state index contributed by atoms with van der Waals surface area (Å²) < 4.78 is 0. The molecule has 2 nitrogen and oxygen atoms in total. The molecule has 0 saturated heterocycles. The average molecular weight is 231 g/mol. The van der Waals surface area contributed by atoms with Gasteiger partial charge < -0.3 is 0 Å². The minimum atomic E-state index is 0.0924. The predicted octanol–water partition coefficient (Wildman–Crippen LogP) is 3.63. The first-order chi connectivity index (χ1) is 7.59. The van der Waals surface area contributed by atoms with Gasteiger partial charge in [0, 0.05) is 12.5 Å². The van der Waals surface area contributed by atoms with Crippen LogP contribution in [0, 0.1) is 13.8 Å². The van der Waals surface area contributed by atoms with Crippen molar-refractivity contribution in [1.29, 1.82) is 0 Å². The highest BCUT2D eigenvalue weighted by atomic mass is 32.1. The smallest absolute Gasteiger partial charge is 0.171 e. The van der Waals surface area contributed by atoms with Crippen LogP contribution in [0.1, 0.15) is 27.9 Å². The number of rotatable bonds is 2. The molecule has 0 aliphatic carbocycles. The molecule has 1 aromatic carbocycles. The molecule has 0 aliphatic heterocycles. The van der Waals surface area contributed by atoms with Gasteiger partial charge in [-0.2, -0.15) is 0 Å². The lowest BCUT2D eigenvalue weighted by atomic mass is 10.1. The van der Waals surface area contributed by atoms with Crippen LogP contribution in [0.25, 0.3) is 10.6 Å². The van der Waals surface area contributed by atoms with Crippen LogP contribution in [0.5, 0.6) is 0 Å². The number of ketones is 1. The Bertz CT molecular complexity index is 543. The van der Waals surface area contributed by atoms with E-state index in [-0.39, 0.29) is 5.78 Å².